The normalized spacial score (nSPS) is 11.8. The van der Waals surface area contributed by atoms with E-state index in [2.05, 4.69) is 41.7 Å². The van der Waals surface area contributed by atoms with Crippen molar-refractivity contribution < 1.29 is 9.84 Å². The minimum atomic E-state index is 0.103. The van der Waals surface area contributed by atoms with Gasteiger partial charge in [-0.05, 0) is 53.4 Å². The van der Waals surface area contributed by atoms with E-state index in [0.717, 1.165) is 40.1 Å². The number of aliphatic hydroxyl groups excluding tert-OH is 1. The topological polar surface area (TPSA) is 41.5 Å². The predicted molar refractivity (Wildman–Crippen MR) is 116 cm³/mol. The molecule has 0 aliphatic carbocycles. The average Bonchev–Trinajstić information content (AvgIpc) is 2.76. The fourth-order valence-electron chi connectivity index (χ4n) is 3.27. The Kier molecular flexibility index (Phi) is 7.42. The highest BCUT2D eigenvalue weighted by atomic mass is 16.5. The molecule has 0 radical (unpaired) electrons. The molecule has 2 N–H and O–H groups in total. The molecule has 0 spiro atoms. The van der Waals surface area contributed by atoms with Crippen molar-refractivity contribution in [2.75, 3.05) is 26.8 Å². The Labute approximate surface area is 167 Å². The summed E-state index contributed by atoms with van der Waals surface area (Å²) >= 11 is 0. The van der Waals surface area contributed by atoms with E-state index < -0.39 is 0 Å². The van der Waals surface area contributed by atoms with Crippen LogP contribution in [0, 0.1) is 0 Å². The maximum Gasteiger partial charge on any atom is 0.119 e. The lowest BCUT2D eigenvalue weighted by atomic mass is 9.88. The molecule has 0 bridgehead atoms. The van der Waals surface area contributed by atoms with Gasteiger partial charge in [0, 0.05) is 13.2 Å². The second kappa shape index (κ2) is 10.5. The first kappa shape index (κ1) is 19.9. The lowest BCUT2D eigenvalue weighted by Crippen LogP contribution is -2.15. The van der Waals surface area contributed by atoms with E-state index in [4.69, 9.17) is 4.74 Å². The molecule has 3 heteroatoms. The summed E-state index contributed by atoms with van der Waals surface area (Å²) in [7, 11) is 1.91. The maximum absolute atomic E-state index is 9.75. The summed E-state index contributed by atoms with van der Waals surface area (Å²) in [6, 6.07) is 28.8. The molecule has 0 aliphatic heterocycles. The molecule has 3 aromatic carbocycles. The van der Waals surface area contributed by atoms with E-state index in [9.17, 15) is 5.11 Å². The highest BCUT2D eigenvalue weighted by molar-refractivity contribution is 5.98. The zero-order valence-corrected chi connectivity index (χ0v) is 16.3. The van der Waals surface area contributed by atoms with Gasteiger partial charge in [-0.15, -0.1) is 0 Å². The SMILES string of the molecule is CNCCOc1ccc(/C(=C(\CCO)c2ccccc2)c2ccccc2)cc1. The minimum absolute atomic E-state index is 0.103. The summed E-state index contributed by atoms with van der Waals surface area (Å²) in [6.07, 6.45) is 0.592. The molecule has 3 rings (SSSR count). The van der Waals surface area contributed by atoms with Crippen LogP contribution in [0.15, 0.2) is 84.9 Å². The van der Waals surface area contributed by atoms with Crippen LogP contribution in [0.25, 0.3) is 11.1 Å². The van der Waals surface area contributed by atoms with E-state index in [0.29, 0.717) is 13.0 Å². The Bertz CT molecular complexity index is 871. The van der Waals surface area contributed by atoms with E-state index in [1.165, 1.54) is 0 Å². The third-order valence-corrected chi connectivity index (χ3v) is 4.61. The molecule has 0 atom stereocenters. The van der Waals surface area contributed by atoms with Crippen molar-refractivity contribution in [2.24, 2.45) is 0 Å². The van der Waals surface area contributed by atoms with Crippen LogP contribution in [0.3, 0.4) is 0 Å². The summed E-state index contributed by atoms with van der Waals surface area (Å²) in [5.41, 5.74) is 5.66. The second-order valence-corrected chi connectivity index (χ2v) is 6.54. The molecule has 28 heavy (non-hydrogen) atoms. The zero-order chi connectivity index (χ0) is 19.6. The molecule has 3 aromatic rings. The summed E-state index contributed by atoms with van der Waals surface area (Å²) in [5, 5.41) is 12.8. The molecule has 0 fully saturated rings. The summed E-state index contributed by atoms with van der Waals surface area (Å²) in [5.74, 6) is 0.856. The predicted octanol–water partition coefficient (Wildman–Crippen LogP) is 4.63. The molecule has 0 amide bonds. The molecule has 0 unspecified atom stereocenters. The first-order valence-corrected chi connectivity index (χ1v) is 9.66. The monoisotopic (exact) mass is 373 g/mol. The van der Waals surface area contributed by atoms with Gasteiger partial charge in [0.05, 0.1) is 0 Å². The number of nitrogens with one attached hydrogen (secondary N) is 1. The Morgan fingerprint density at radius 3 is 1.93 bits per heavy atom. The van der Waals surface area contributed by atoms with E-state index >= 15 is 0 Å². The fourth-order valence-corrected chi connectivity index (χ4v) is 3.27. The molecule has 0 saturated heterocycles. The molecule has 3 nitrogen and oxygen atoms in total. The Hall–Kier alpha value is -2.88. The highest BCUT2D eigenvalue weighted by Crippen LogP contribution is 2.34. The fraction of sp³-hybridized carbons (Fsp3) is 0.200. The van der Waals surface area contributed by atoms with Gasteiger partial charge < -0.3 is 15.2 Å². The summed E-state index contributed by atoms with van der Waals surface area (Å²) in [6.45, 7) is 1.55. The van der Waals surface area contributed by atoms with Gasteiger partial charge in [-0.25, -0.2) is 0 Å². The van der Waals surface area contributed by atoms with Gasteiger partial charge in [-0.3, -0.25) is 0 Å². The Morgan fingerprint density at radius 2 is 1.36 bits per heavy atom. The van der Waals surface area contributed by atoms with Crippen LogP contribution in [0.1, 0.15) is 23.1 Å². The van der Waals surface area contributed by atoms with Gasteiger partial charge in [-0.1, -0.05) is 72.8 Å². The van der Waals surface area contributed by atoms with Crippen molar-refractivity contribution in [3.8, 4) is 5.75 Å². The van der Waals surface area contributed by atoms with Crippen LogP contribution < -0.4 is 10.1 Å². The number of rotatable bonds is 9. The van der Waals surface area contributed by atoms with Crippen LogP contribution in [-0.4, -0.2) is 31.9 Å². The van der Waals surface area contributed by atoms with Crippen LogP contribution in [0.4, 0.5) is 0 Å². The number of ether oxygens (including phenoxy) is 1. The van der Waals surface area contributed by atoms with E-state index in [-0.39, 0.29) is 6.61 Å². The molecule has 0 aromatic heterocycles. The second-order valence-electron chi connectivity index (χ2n) is 6.54. The molecule has 144 valence electrons. The smallest absolute Gasteiger partial charge is 0.119 e. The molecular formula is C25H27NO2. The molecular weight excluding hydrogens is 346 g/mol. The third kappa shape index (κ3) is 5.10. The number of likely N-dealkylation sites (N-methyl/N-ethyl adjacent to an activating group) is 1. The van der Waals surface area contributed by atoms with Crippen molar-refractivity contribution in [1.29, 1.82) is 0 Å². The summed E-state index contributed by atoms with van der Waals surface area (Å²) < 4.78 is 5.76. The van der Waals surface area contributed by atoms with Crippen LogP contribution in [0.5, 0.6) is 5.75 Å². The highest BCUT2D eigenvalue weighted by Gasteiger charge is 2.14. The first-order valence-electron chi connectivity index (χ1n) is 9.66. The van der Waals surface area contributed by atoms with Gasteiger partial charge >= 0.3 is 0 Å². The average molecular weight is 373 g/mol. The van der Waals surface area contributed by atoms with Gasteiger partial charge in [0.15, 0.2) is 0 Å². The standard InChI is InChI=1S/C25H27NO2/c1-26-17-19-28-23-14-12-22(13-15-23)25(21-10-6-3-7-11-21)24(16-18-27)20-8-4-2-5-9-20/h2-15,26-27H,16-19H2,1H3/b25-24+. The largest absolute Gasteiger partial charge is 0.492 e. The van der Waals surface area contributed by atoms with Crippen molar-refractivity contribution in [3.63, 3.8) is 0 Å². The van der Waals surface area contributed by atoms with Crippen LogP contribution in [-0.2, 0) is 0 Å². The van der Waals surface area contributed by atoms with Crippen molar-refractivity contribution in [1.82, 2.24) is 5.32 Å². The van der Waals surface area contributed by atoms with Gasteiger partial charge in [-0.2, -0.15) is 0 Å². The van der Waals surface area contributed by atoms with Crippen molar-refractivity contribution in [2.45, 2.75) is 6.42 Å². The maximum atomic E-state index is 9.75. The quantitative estimate of drug-likeness (QED) is 0.425. The number of hydrogen-bond donors (Lipinski definition) is 2. The van der Waals surface area contributed by atoms with Gasteiger partial charge in [0.2, 0.25) is 0 Å². The molecule has 0 heterocycles. The first-order chi connectivity index (χ1) is 13.8. The van der Waals surface area contributed by atoms with Crippen molar-refractivity contribution >= 4 is 11.1 Å². The number of benzene rings is 3. The lowest BCUT2D eigenvalue weighted by Gasteiger charge is -2.17. The van der Waals surface area contributed by atoms with E-state index in [1.807, 2.05) is 55.6 Å². The zero-order valence-electron chi connectivity index (χ0n) is 16.3. The number of aliphatic hydroxyl groups is 1. The molecule has 0 saturated carbocycles. The Morgan fingerprint density at radius 1 is 0.786 bits per heavy atom. The van der Waals surface area contributed by atoms with Crippen molar-refractivity contribution in [3.05, 3.63) is 102 Å². The van der Waals surface area contributed by atoms with Gasteiger partial charge in [0.1, 0.15) is 12.4 Å². The van der Waals surface area contributed by atoms with Crippen LogP contribution >= 0.6 is 0 Å². The lowest BCUT2D eigenvalue weighted by molar-refractivity contribution is 0.305. The minimum Gasteiger partial charge on any atom is -0.492 e. The summed E-state index contributed by atoms with van der Waals surface area (Å²) in [4.78, 5) is 0. The third-order valence-electron chi connectivity index (χ3n) is 4.61. The molecule has 0 aliphatic rings. The Balaban J connectivity index is 2.07. The van der Waals surface area contributed by atoms with Gasteiger partial charge in [0.25, 0.3) is 0 Å². The van der Waals surface area contributed by atoms with Crippen LogP contribution in [0.2, 0.25) is 0 Å². The van der Waals surface area contributed by atoms with E-state index in [1.54, 1.807) is 0 Å². The number of hydrogen-bond acceptors (Lipinski definition) is 3.